The zero-order chi connectivity index (χ0) is 15.4. The van der Waals surface area contributed by atoms with Crippen LogP contribution in [-0.2, 0) is 0 Å². The van der Waals surface area contributed by atoms with Crippen LogP contribution < -0.4 is 5.32 Å². The lowest BCUT2D eigenvalue weighted by Crippen LogP contribution is -2.51. The number of carbonyl (C=O) groups excluding carboxylic acids is 1. The third-order valence-electron chi connectivity index (χ3n) is 4.71. The molecule has 1 fully saturated rings. The van der Waals surface area contributed by atoms with Crippen LogP contribution in [0.3, 0.4) is 0 Å². The average molecular weight is 288 g/mol. The van der Waals surface area contributed by atoms with Crippen LogP contribution in [0.15, 0.2) is 18.2 Å². The molecule has 3 heteroatoms. The molecule has 1 aromatic carbocycles. The number of carbonyl (C=O) groups is 1. The Kier molecular flexibility index (Phi) is 5.40. The van der Waals surface area contributed by atoms with Crippen LogP contribution in [0.1, 0.15) is 48.2 Å². The lowest BCUT2D eigenvalue weighted by atomic mass is 9.89. The molecule has 1 saturated heterocycles. The SMILES string of the molecule is CCNC1CCN(C(=O)c2c(C)cccc2C)CC1CC. The van der Waals surface area contributed by atoms with E-state index in [1.54, 1.807) is 0 Å². The Labute approximate surface area is 128 Å². The lowest BCUT2D eigenvalue weighted by Gasteiger charge is -2.39. The van der Waals surface area contributed by atoms with Crippen LogP contribution in [-0.4, -0.2) is 36.5 Å². The summed E-state index contributed by atoms with van der Waals surface area (Å²) in [5.41, 5.74) is 3.07. The van der Waals surface area contributed by atoms with E-state index in [1.807, 2.05) is 32.0 Å². The minimum absolute atomic E-state index is 0.207. The van der Waals surface area contributed by atoms with Crippen LogP contribution in [0.2, 0.25) is 0 Å². The van der Waals surface area contributed by atoms with Crippen molar-refractivity contribution in [1.82, 2.24) is 10.2 Å². The predicted octanol–water partition coefficient (Wildman–Crippen LogP) is 3.15. The number of aryl methyl sites for hydroxylation is 2. The fourth-order valence-corrected chi connectivity index (χ4v) is 3.47. The maximum atomic E-state index is 12.9. The number of likely N-dealkylation sites (tertiary alicyclic amines) is 1. The first kappa shape index (κ1) is 16.0. The highest BCUT2D eigenvalue weighted by molar-refractivity contribution is 5.97. The van der Waals surface area contributed by atoms with Crippen molar-refractivity contribution < 1.29 is 4.79 Å². The Morgan fingerprint density at radius 3 is 2.52 bits per heavy atom. The van der Waals surface area contributed by atoms with Crippen LogP contribution in [0.5, 0.6) is 0 Å². The van der Waals surface area contributed by atoms with E-state index >= 15 is 0 Å². The van der Waals surface area contributed by atoms with Crippen LogP contribution in [0.25, 0.3) is 0 Å². The standard InChI is InChI=1S/C18H28N2O/c1-5-15-12-20(11-10-16(15)19-6-2)18(21)17-13(3)8-7-9-14(17)4/h7-9,15-16,19H,5-6,10-12H2,1-4H3. The minimum Gasteiger partial charge on any atom is -0.338 e. The van der Waals surface area contributed by atoms with Crippen LogP contribution >= 0.6 is 0 Å². The number of nitrogens with zero attached hydrogens (tertiary/aromatic N) is 1. The van der Waals surface area contributed by atoms with Gasteiger partial charge in [-0.25, -0.2) is 0 Å². The van der Waals surface area contributed by atoms with Crippen molar-refractivity contribution >= 4 is 5.91 Å². The summed E-state index contributed by atoms with van der Waals surface area (Å²) in [7, 11) is 0. The lowest BCUT2D eigenvalue weighted by molar-refractivity contribution is 0.0626. The van der Waals surface area contributed by atoms with Crippen molar-refractivity contribution in [1.29, 1.82) is 0 Å². The van der Waals surface area contributed by atoms with Gasteiger partial charge in [-0.3, -0.25) is 4.79 Å². The van der Waals surface area contributed by atoms with E-state index in [-0.39, 0.29) is 5.91 Å². The summed E-state index contributed by atoms with van der Waals surface area (Å²) in [6, 6.07) is 6.64. The van der Waals surface area contributed by atoms with Gasteiger partial charge in [0.2, 0.25) is 0 Å². The summed E-state index contributed by atoms with van der Waals surface area (Å²) < 4.78 is 0. The molecule has 0 aromatic heterocycles. The zero-order valence-electron chi connectivity index (χ0n) is 13.8. The molecule has 21 heavy (non-hydrogen) atoms. The Balaban J connectivity index is 2.14. The molecule has 0 saturated carbocycles. The van der Waals surface area contributed by atoms with Crippen LogP contribution in [0.4, 0.5) is 0 Å². The molecule has 2 atom stereocenters. The maximum Gasteiger partial charge on any atom is 0.254 e. The molecule has 0 aliphatic carbocycles. The summed E-state index contributed by atoms with van der Waals surface area (Å²) in [6.45, 7) is 11.2. The van der Waals surface area contributed by atoms with Crippen molar-refractivity contribution in [3.05, 3.63) is 34.9 Å². The molecule has 116 valence electrons. The third-order valence-corrected chi connectivity index (χ3v) is 4.71. The zero-order valence-corrected chi connectivity index (χ0v) is 13.8. The van der Waals surface area contributed by atoms with Crippen LogP contribution in [0, 0.1) is 19.8 Å². The molecule has 0 bridgehead atoms. The van der Waals surface area contributed by atoms with Crippen molar-refractivity contribution in [2.45, 2.75) is 46.6 Å². The molecule has 1 aromatic rings. The number of piperidine rings is 1. The van der Waals surface area contributed by atoms with Gasteiger partial charge in [0, 0.05) is 24.7 Å². The van der Waals surface area contributed by atoms with Crippen molar-refractivity contribution in [2.75, 3.05) is 19.6 Å². The van der Waals surface area contributed by atoms with Gasteiger partial charge in [-0.1, -0.05) is 38.5 Å². The first-order chi connectivity index (χ1) is 10.1. The van der Waals surface area contributed by atoms with E-state index in [0.29, 0.717) is 12.0 Å². The van der Waals surface area contributed by atoms with Gasteiger partial charge >= 0.3 is 0 Å². The topological polar surface area (TPSA) is 32.3 Å². The predicted molar refractivity (Wildman–Crippen MR) is 87.7 cm³/mol. The van der Waals surface area contributed by atoms with Gasteiger partial charge in [0.05, 0.1) is 0 Å². The molecule has 1 N–H and O–H groups in total. The minimum atomic E-state index is 0.207. The highest BCUT2D eigenvalue weighted by atomic mass is 16.2. The van der Waals surface area contributed by atoms with E-state index in [0.717, 1.165) is 49.2 Å². The molecule has 1 amide bonds. The summed E-state index contributed by atoms with van der Waals surface area (Å²) in [5, 5.41) is 3.57. The number of hydrogen-bond donors (Lipinski definition) is 1. The number of hydrogen-bond acceptors (Lipinski definition) is 2. The summed E-state index contributed by atoms with van der Waals surface area (Å²) in [4.78, 5) is 14.9. The third kappa shape index (κ3) is 3.46. The molecule has 1 heterocycles. The van der Waals surface area contributed by atoms with Gasteiger partial charge in [-0.15, -0.1) is 0 Å². The second-order valence-corrected chi connectivity index (χ2v) is 6.14. The van der Waals surface area contributed by atoms with Gasteiger partial charge in [0.25, 0.3) is 5.91 Å². The van der Waals surface area contributed by atoms with Gasteiger partial charge in [-0.05, 0) is 43.9 Å². The Bertz CT molecular complexity index is 478. The summed E-state index contributed by atoms with van der Waals surface area (Å²) in [5.74, 6) is 0.769. The molecule has 0 radical (unpaired) electrons. The fraction of sp³-hybridized carbons (Fsp3) is 0.611. The molecule has 2 rings (SSSR count). The van der Waals surface area contributed by atoms with Crippen molar-refractivity contribution in [3.8, 4) is 0 Å². The number of amides is 1. The highest BCUT2D eigenvalue weighted by Crippen LogP contribution is 2.24. The summed E-state index contributed by atoms with van der Waals surface area (Å²) >= 11 is 0. The fourth-order valence-electron chi connectivity index (χ4n) is 3.47. The molecule has 1 aliphatic heterocycles. The van der Waals surface area contributed by atoms with E-state index in [1.165, 1.54) is 0 Å². The maximum absolute atomic E-state index is 12.9. The average Bonchev–Trinajstić information content (AvgIpc) is 2.47. The quantitative estimate of drug-likeness (QED) is 0.923. The summed E-state index contributed by atoms with van der Waals surface area (Å²) in [6.07, 6.45) is 2.18. The van der Waals surface area contributed by atoms with E-state index < -0.39 is 0 Å². The number of rotatable bonds is 4. The first-order valence-electron chi connectivity index (χ1n) is 8.17. The smallest absolute Gasteiger partial charge is 0.254 e. The van der Waals surface area contributed by atoms with Crippen molar-refractivity contribution in [3.63, 3.8) is 0 Å². The molecule has 0 spiro atoms. The second kappa shape index (κ2) is 7.08. The largest absolute Gasteiger partial charge is 0.338 e. The number of nitrogens with one attached hydrogen (secondary N) is 1. The highest BCUT2D eigenvalue weighted by Gasteiger charge is 2.31. The van der Waals surface area contributed by atoms with E-state index in [2.05, 4.69) is 24.1 Å². The Hall–Kier alpha value is -1.35. The second-order valence-electron chi connectivity index (χ2n) is 6.14. The normalized spacial score (nSPS) is 22.4. The van der Waals surface area contributed by atoms with Gasteiger partial charge in [0.1, 0.15) is 0 Å². The monoisotopic (exact) mass is 288 g/mol. The van der Waals surface area contributed by atoms with E-state index in [4.69, 9.17) is 0 Å². The molecule has 2 unspecified atom stereocenters. The van der Waals surface area contributed by atoms with Crippen molar-refractivity contribution in [2.24, 2.45) is 5.92 Å². The molecule has 1 aliphatic rings. The van der Waals surface area contributed by atoms with Gasteiger partial charge in [0.15, 0.2) is 0 Å². The van der Waals surface area contributed by atoms with Gasteiger partial charge in [-0.2, -0.15) is 0 Å². The Morgan fingerprint density at radius 2 is 1.95 bits per heavy atom. The van der Waals surface area contributed by atoms with Gasteiger partial charge < -0.3 is 10.2 Å². The molecular weight excluding hydrogens is 260 g/mol. The molecule has 3 nitrogen and oxygen atoms in total. The molecular formula is C18H28N2O. The first-order valence-corrected chi connectivity index (χ1v) is 8.17. The number of benzene rings is 1. The Morgan fingerprint density at radius 1 is 1.29 bits per heavy atom. The van der Waals surface area contributed by atoms with E-state index in [9.17, 15) is 4.79 Å².